The van der Waals surface area contributed by atoms with Crippen LogP contribution in [0.15, 0.2) is 48.5 Å². The van der Waals surface area contributed by atoms with Crippen LogP contribution in [0.2, 0.25) is 0 Å². The number of amides is 1. The largest absolute Gasteiger partial charge is 0.481 e. The smallest absolute Gasteiger partial charge is 0.417 e. The zero-order valence-corrected chi connectivity index (χ0v) is 17.4. The number of alkyl halides is 3. The summed E-state index contributed by atoms with van der Waals surface area (Å²) in [5.74, 6) is 3.76. The zero-order valence-electron chi connectivity index (χ0n) is 17.4. The Bertz CT molecular complexity index is 1020. The van der Waals surface area contributed by atoms with Gasteiger partial charge in [-0.05, 0) is 36.2 Å². The normalized spacial score (nSPS) is 14.5. The van der Waals surface area contributed by atoms with Crippen molar-refractivity contribution in [3.8, 4) is 23.0 Å². The monoisotopic (exact) mass is 444 g/mol. The van der Waals surface area contributed by atoms with Crippen molar-refractivity contribution in [3.63, 3.8) is 0 Å². The second kappa shape index (κ2) is 10.3. The molecule has 0 unspecified atom stereocenters. The summed E-state index contributed by atoms with van der Waals surface area (Å²) in [5, 5.41) is 8.70. The number of carboxylic acid groups (broad SMARTS) is 1. The third kappa shape index (κ3) is 6.34. The molecule has 3 rings (SSSR count). The lowest BCUT2D eigenvalue weighted by molar-refractivity contribution is -0.138. The number of hydrogen-bond acceptors (Lipinski definition) is 3. The average molecular weight is 444 g/mol. The van der Waals surface area contributed by atoms with Gasteiger partial charge in [0.25, 0.3) is 5.91 Å². The predicted octanol–water partition coefficient (Wildman–Crippen LogP) is 3.73. The Balaban J connectivity index is 1.66. The molecular weight excluding hydrogens is 421 g/mol. The Hall–Kier alpha value is -3.31. The lowest BCUT2D eigenvalue weighted by atomic mass is 9.97. The van der Waals surface area contributed by atoms with Gasteiger partial charge < -0.3 is 10.0 Å². The van der Waals surface area contributed by atoms with E-state index in [0.29, 0.717) is 44.7 Å². The van der Waals surface area contributed by atoms with Crippen LogP contribution < -0.4 is 0 Å². The maximum absolute atomic E-state index is 13.6. The van der Waals surface area contributed by atoms with Crippen molar-refractivity contribution in [2.24, 2.45) is 0 Å². The fourth-order valence-electron chi connectivity index (χ4n) is 3.56. The number of hydrogen-bond donors (Lipinski definition) is 1. The molecule has 1 amide bonds. The van der Waals surface area contributed by atoms with Gasteiger partial charge in [0.15, 0.2) is 0 Å². The fraction of sp³-hybridized carbons (Fsp3) is 0.333. The van der Waals surface area contributed by atoms with E-state index in [0.717, 1.165) is 6.07 Å². The molecule has 0 bridgehead atoms. The SMILES string of the molecule is O=C(O)CCCN1CCN(C(=O)C#Cc2ccc(-c3ccccc3)c(C(F)(F)F)c2)CC1. The summed E-state index contributed by atoms with van der Waals surface area (Å²) in [7, 11) is 0. The molecule has 1 aliphatic rings. The van der Waals surface area contributed by atoms with Crippen LogP contribution in [0.25, 0.3) is 11.1 Å². The van der Waals surface area contributed by atoms with Crippen LogP contribution in [0.4, 0.5) is 13.2 Å². The van der Waals surface area contributed by atoms with Gasteiger partial charge in [0.2, 0.25) is 0 Å². The summed E-state index contributed by atoms with van der Waals surface area (Å²) in [5.41, 5.74) is -0.152. The molecule has 0 aromatic heterocycles. The topological polar surface area (TPSA) is 60.9 Å². The second-order valence-corrected chi connectivity index (χ2v) is 7.51. The number of carboxylic acids is 1. The Labute approximate surface area is 184 Å². The summed E-state index contributed by atoms with van der Waals surface area (Å²) in [6.07, 6.45) is -3.90. The second-order valence-electron chi connectivity index (χ2n) is 7.51. The molecule has 0 spiro atoms. The Morgan fingerprint density at radius 3 is 2.31 bits per heavy atom. The summed E-state index contributed by atoms with van der Waals surface area (Å²) >= 11 is 0. The van der Waals surface area contributed by atoms with Crippen LogP contribution in [0.5, 0.6) is 0 Å². The van der Waals surface area contributed by atoms with Gasteiger partial charge in [0.1, 0.15) is 0 Å². The zero-order chi connectivity index (χ0) is 23.1. The number of aliphatic carboxylic acids is 1. The Kier molecular flexibility index (Phi) is 7.54. The van der Waals surface area contributed by atoms with Crippen molar-refractivity contribution in [1.82, 2.24) is 9.80 Å². The van der Waals surface area contributed by atoms with Crippen LogP contribution in [0.3, 0.4) is 0 Å². The van der Waals surface area contributed by atoms with E-state index in [-0.39, 0.29) is 17.5 Å². The van der Waals surface area contributed by atoms with E-state index in [9.17, 15) is 22.8 Å². The van der Waals surface area contributed by atoms with E-state index in [4.69, 9.17) is 5.11 Å². The summed E-state index contributed by atoms with van der Waals surface area (Å²) in [6, 6.07) is 12.1. The predicted molar refractivity (Wildman–Crippen MR) is 114 cm³/mol. The minimum atomic E-state index is -4.55. The first-order valence-corrected chi connectivity index (χ1v) is 10.3. The molecule has 168 valence electrons. The third-order valence-electron chi connectivity index (χ3n) is 5.25. The summed E-state index contributed by atoms with van der Waals surface area (Å²) in [6.45, 7) is 2.75. The van der Waals surface area contributed by atoms with Gasteiger partial charge in [-0.1, -0.05) is 42.3 Å². The van der Waals surface area contributed by atoms with Gasteiger partial charge in [-0.25, -0.2) is 0 Å². The summed E-state index contributed by atoms with van der Waals surface area (Å²) < 4.78 is 40.8. The van der Waals surface area contributed by atoms with Crippen molar-refractivity contribution >= 4 is 11.9 Å². The van der Waals surface area contributed by atoms with Gasteiger partial charge in [0, 0.05) is 44.1 Å². The number of nitrogens with zero attached hydrogens (tertiary/aromatic N) is 2. The van der Waals surface area contributed by atoms with Crippen LogP contribution in [-0.2, 0) is 15.8 Å². The number of rotatable bonds is 5. The first kappa shape index (κ1) is 23.4. The van der Waals surface area contributed by atoms with Crippen LogP contribution in [0, 0.1) is 11.8 Å². The fourth-order valence-corrected chi connectivity index (χ4v) is 3.56. The number of halogens is 3. The molecule has 0 saturated carbocycles. The number of benzene rings is 2. The van der Waals surface area contributed by atoms with E-state index in [1.807, 2.05) is 0 Å². The van der Waals surface area contributed by atoms with Crippen molar-refractivity contribution in [3.05, 3.63) is 59.7 Å². The number of carbonyl (C=O) groups is 2. The lowest BCUT2D eigenvalue weighted by Crippen LogP contribution is -2.48. The summed E-state index contributed by atoms with van der Waals surface area (Å²) in [4.78, 5) is 26.6. The van der Waals surface area contributed by atoms with E-state index in [1.54, 1.807) is 35.2 Å². The lowest BCUT2D eigenvalue weighted by Gasteiger charge is -2.33. The molecule has 32 heavy (non-hydrogen) atoms. The van der Waals surface area contributed by atoms with Crippen molar-refractivity contribution in [1.29, 1.82) is 0 Å². The highest BCUT2D eigenvalue weighted by atomic mass is 19.4. The third-order valence-corrected chi connectivity index (χ3v) is 5.25. The molecule has 2 aromatic carbocycles. The van der Waals surface area contributed by atoms with Crippen molar-refractivity contribution < 1.29 is 27.9 Å². The van der Waals surface area contributed by atoms with Gasteiger partial charge >= 0.3 is 12.1 Å². The number of carbonyl (C=O) groups excluding carboxylic acids is 1. The maximum Gasteiger partial charge on any atom is 0.417 e. The Morgan fingerprint density at radius 1 is 1.00 bits per heavy atom. The molecule has 0 atom stereocenters. The molecule has 2 aromatic rings. The first-order chi connectivity index (χ1) is 15.2. The highest BCUT2D eigenvalue weighted by molar-refractivity contribution is 5.94. The maximum atomic E-state index is 13.6. The average Bonchev–Trinajstić information content (AvgIpc) is 2.77. The van der Waals surface area contributed by atoms with Crippen molar-refractivity contribution in [2.45, 2.75) is 19.0 Å². The molecule has 0 radical (unpaired) electrons. The Morgan fingerprint density at radius 2 is 1.69 bits per heavy atom. The van der Waals surface area contributed by atoms with E-state index >= 15 is 0 Å². The van der Waals surface area contributed by atoms with Gasteiger partial charge in [-0.3, -0.25) is 14.5 Å². The van der Waals surface area contributed by atoms with Gasteiger partial charge in [0.05, 0.1) is 5.56 Å². The molecule has 1 saturated heterocycles. The first-order valence-electron chi connectivity index (χ1n) is 10.3. The van der Waals surface area contributed by atoms with Crippen LogP contribution in [0.1, 0.15) is 24.0 Å². The standard InChI is InChI=1S/C24H23F3N2O3/c25-24(26,27)21-17-18(8-10-20(21)19-5-2-1-3-6-19)9-11-22(30)29-15-13-28(14-16-29)12-4-7-23(31)32/h1-3,5-6,8,10,17H,4,7,12-16H2,(H,31,32). The van der Waals surface area contributed by atoms with Crippen molar-refractivity contribution in [2.75, 3.05) is 32.7 Å². The highest BCUT2D eigenvalue weighted by Crippen LogP contribution is 2.37. The van der Waals surface area contributed by atoms with Gasteiger partial charge in [-0.2, -0.15) is 13.2 Å². The van der Waals surface area contributed by atoms with Crippen LogP contribution >= 0.6 is 0 Å². The van der Waals surface area contributed by atoms with Gasteiger partial charge in [-0.15, -0.1) is 0 Å². The van der Waals surface area contributed by atoms with E-state index < -0.39 is 23.6 Å². The molecule has 1 fully saturated rings. The molecule has 1 heterocycles. The molecule has 5 nitrogen and oxygen atoms in total. The van der Waals surface area contributed by atoms with E-state index in [1.165, 1.54) is 12.1 Å². The van der Waals surface area contributed by atoms with E-state index in [2.05, 4.69) is 16.7 Å². The number of piperazine rings is 1. The molecule has 0 aliphatic carbocycles. The molecular formula is C24H23F3N2O3. The minimum Gasteiger partial charge on any atom is -0.481 e. The molecule has 1 N–H and O–H groups in total. The van der Waals surface area contributed by atoms with Crippen LogP contribution in [-0.4, -0.2) is 59.5 Å². The molecule has 8 heteroatoms. The highest BCUT2D eigenvalue weighted by Gasteiger charge is 2.34. The molecule has 1 aliphatic heterocycles. The minimum absolute atomic E-state index is 0.0639. The quantitative estimate of drug-likeness (QED) is 0.714.